The van der Waals surface area contributed by atoms with Gasteiger partial charge in [-0.3, -0.25) is 4.79 Å². The van der Waals surface area contributed by atoms with Crippen molar-refractivity contribution in [3.8, 4) is 5.69 Å². The van der Waals surface area contributed by atoms with Gasteiger partial charge in [0, 0.05) is 0 Å². The van der Waals surface area contributed by atoms with Gasteiger partial charge >= 0.3 is 5.97 Å². The summed E-state index contributed by atoms with van der Waals surface area (Å²) in [6.07, 6.45) is 1.46. The van der Waals surface area contributed by atoms with E-state index in [1.807, 2.05) is 0 Å². The highest BCUT2D eigenvalue weighted by molar-refractivity contribution is 5.73. The molecular formula is C13H16N4O3. The highest BCUT2D eigenvalue weighted by Crippen LogP contribution is 2.31. The lowest BCUT2D eigenvalue weighted by Crippen LogP contribution is -2.36. The molecule has 0 saturated carbocycles. The standard InChI is InChI=1S/C13H16N4O3/c1-9(12(18)20-3)13(2,19)10-5-4-6-11(7-10)17-8-14-15-16-17/h4-9,19H,1-3H3. The van der Waals surface area contributed by atoms with Gasteiger partial charge in [0.15, 0.2) is 0 Å². The number of hydrogen-bond donors (Lipinski definition) is 1. The molecular weight excluding hydrogens is 260 g/mol. The molecule has 1 aromatic carbocycles. The summed E-state index contributed by atoms with van der Waals surface area (Å²) in [6.45, 7) is 3.20. The Bertz CT molecular complexity index is 595. The molecule has 20 heavy (non-hydrogen) atoms. The van der Waals surface area contributed by atoms with E-state index < -0.39 is 17.5 Å². The third-order valence-electron chi connectivity index (χ3n) is 3.44. The van der Waals surface area contributed by atoms with Crippen molar-refractivity contribution < 1.29 is 14.6 Å². The van der Waals surface area contributed by atoms with Crippen LogP contribution in [0.15, 0.2) is 30.6 Å². The Morgan fingerprint density at radius 2 is 2.25 bits per heavy atom. The van der Waals surface area contributed by atoms with Crippen LogP contribution in [0.1, 0.15) is 19.4 Å². The van der Waals surface area contributed by atoms with Gasteiger partial charge < -0.3 is 9.84 Å². The molecule has 0 aliphatic heterocycles. The Kier molecular flexibility index (Phi) is 3.80. The molecule has 0 spiro atoms. The largest absolute Gasteiger partial charge is 0.469 e. The molecule has 1 aromatic heterocycles. The van der Waals surface area contributed by atoms with Crippen molar-refractivity contribution in [2.45, 2.75) is 19.4 Å². The fourth-order valence-corrected chi connectivity index (χ4v) is 1.90. The van der Waals surface area contributed by atoms with Gasteiger partial charge in [0.2, 0.25) is 0 Å². The molecule has 7 heteroatoms. The zero-order valence-corrected chi connectivity index (χ0v) is 11.5. The number of esters is 1. The first-order valence-electron chi connectivity index (χ1n) is 6.11. The zero-order valence-electron chi connectivity index (χ0n) is 11.5. The lowest BCUT2D eigenvalue weighted by Gasteiger charge is -2.29. The van der Waals surface area contributed by atoms with Crippen LogP contribution in [-0.2, 0) is 15.1 Å². The van der Waals surface area contributed by atoms with E-state index in [1.54, 1.807) is 38.1 Å². The summed E-state index contributed by atoms with van der Waals surface area (Å²) >= 11 is 0. The Morgan fingerprint density at radius 3 is 2.85 bits per heavy atom. The van der Waals surface area contributed by atoms with Crippen molar-refractivity contribution in [1.29, 1.82) is 0 Å². The van der Waals surface area contributed by atoms with E-state index in [-0.39, 0.29) is 0 Å². The molecule has 2 unspecified atom stereocenters. The van der Waals surface area contributed by atoms with Gasteiger partial charge in [-0.25, -0.2) is 4.68 Å². The van der Waals surface area contributed by atoms with Crippen molar-refractivity contribution >= 4 is 5.97 Å². The van der Waals surface area contributed by atoms with E-state index in [4.69, 9.17) is 0 Å². The number of aliphatic hydroxyl groups is 1. The number of ether oxygens (including phenoxy) is 1. The van der Waals surface area contributed by atoms with Gasteiger partial charge in [-0.15, -0.1) is 5.10 Å². The minimum Gasteiger partial charge on any atom is -0.469 e. The van der Waals surface area contributed by atoms with Crippen LogP contribution in [-0.4, -0.2) is 38.4 Å². The van der Waals surface area contributed by atoms with E-state index in [0.29, 0.717) is 11.3 Å². The molecule has 0 fully saturated rings. The SMILES string of the molecule is COC(=O)C(C)C(C)(O)c1cccc(-n2cnnn2)c1. The van der Waals surface area contributed by atoms with Crippen molar-refractivity contribution in [1.82, 2.24) is 20.2 Å². The minimum absolute atomic E-state index is 0.470. The molecule has 0 bridgehead atoms. The van der Waals surface area contributed by atoms with E-state index in [0.717, 1.165) is 0 Å². The minimum atomic E-state index is -1.35. The number of methoxy groups -OCH3 is 1. The van der Waals surface area contributed by atoms with Gasteiger partial charge in [-0.2, -0.15) is 0 Å². The average Bonchev–Trinajstić information content (AvgIpc) is 3.00. The quantitative estimate of drug-likeness (QED) is 0.826. The van der Waals surface area contributed by atoms with Crippen molar-refractivity contribution in [2.24, 2.45) is 5.92 Å². The monoisotopic (exact) mass is 276 g/mol. The second kappa shape index (κ2) is 5.38. The summed E-state index contributed by atoms with van der Waals surface area (Å²) in [7, 11) is 1.30. The molecule has 2 rings (SSSR count). The molecule has 106 valence electrons. The summed E-state index contributed by atoms with van der Waals surface area (Å²) in [4.78, 5) is 11.6. The first kappa shape index (κ1) is 14.1. The number of aromatic nitrogens is 4. The fourth-order valence-electron chi connectivity index (χ4n) is 1.90. The highest BCUT2D eigenvalue weighted by Gasteiger charge is 2.36. The molecule has 1 N–H and O–H groups in total. The second-order valence-electron chi connectivity index (χ2n) is 4.70. The molecule has 0 radical (unpaired) electrons. The summed E-state index contributed by atoms with van der Waals surface area (Å²) < 4.78 is 6.16. The van der Waals surface area contributed by atoms with Crippen LogP contribution in [0.4, 0.5) is 0 Å². The van der Waals surface area contributed by atoms with Gasteiger partial charge in [-0.05, 0) is 42.0 Å². The molecule has 0 aliphatic rings. The Morgan fingerprint density at radius 1 is 1.50 bits per heavy atom. The number of carbonyl (C=O) groups is 1. The number of carbonyl (C=O) groups excluding carboxylic acids is 1. The van der Waals surface area contributed by atoms with Crippen LogP contribution in [0.5, 0.6) is 0 Å². The van der Waals surface area contributed by atoms with Gasteiger partial charge in [0.1, 0.15) is 6.33 Å². The number of tetrazole rings is 1. The molecule has 2 atom stereocenters. The summed E-state index contributed by atoms with van der Waals surface area (Å²) in [5.74, 6) is -1.17. The second-order valence-corrected chi connectivity index (χ2v) is 4.70. The van der Waals surface area contributed by atoms with Gasteiger partial charge in [0.25, 0.3) is 0 Å². The number of benzene rings is 1. The normalized spacial score (nSPS) is 15.4. The molecule has 2 aromatic rings. The third-order valence-corrected chi connectivity index (χ3v) is 3.44. The van der Waals surface area contributed by atoms with E-state index >= 15 is 0 Å². The first-order valence-corrected chi connectivity index (χ1v) is 6.11. The summed E-state index contributed by atoms with van der Waals surface area (Å²) in [5.41, 5.74) is -0.0647. The van der Waals surface area contributed by atoms with Crippen LogP contribution < -0.4 is 0 Å². The smallest absolute Gasteiger partial charge is 0.311 e. The Labute approximate surface area is 116 Å². The van der Waals surface area contributed by atoms with Crippen LogP contribution in [0.25, 0.3) is 5.69 Å². The summed E-state index contributed by atoms with van der Waals surface area (Å²) in [6, 6.07) is 7.05. The Balaban J connectivity index is 2.37. The van der Waals surface area contributed by atoms with E-state index in [2.05, 4.69) is 20.3 Å². The highest BCUT2D eigenvalue weighted by atomic mass is 16.5. The maximum Gasteiger partial charge on any atom is 0.311 e. The first-order chi connectivity index (χ1) is 9.46. The van der Waals surface area contributed by atoms with Crippen molar-refractivity contribution in [3.63, 3.8) is 0 Å². The van der Waals surface area contributed by atoms with E-state index in [1.165, 1.54) is 18.1 Å². The van der Waals surface area contributed by atoms with Crippen molar-refractivity contribution in [3.05, 3.63) is 36.2 Å². The van der Waals surface area contributed by atoms with Crippen LogP contribution in [0.3, 0.4) is 0 Å². The third kappa shape index (κ3) is 2.53. The Hall–Kier alpha value is -2.28. The van der Waals surface area contributed by atoms with Crippen LogP contribution >= 0.6 is 0 Å². The maximum atomic E-state index is 11.6. The predicted octanol–water partition coefficient (Wildman–Crippen LogP) is 0.679. The van der Waals surface area contributed by atoms with Gasteiger partial charge in [0.05, 0.1) is 24.3 Å². The molecule has 0 saturated heterocycles. The predicted molar refractivity (Wildman–Crippen MR) is 69.9 cm³/mol. The van der Waals surface area contributed by atoms with Gasteiger partial charge in [-0.1, -0.05) is 12.1 Å². The maximum absolute atomic E-state index is 11.6. The number of nitrogens with zero attached hydrogens (tertiary/aromatic N) is 4. The average molecular weight is 276 g/mol. The van der Waals surface area contributed by atoms with Crippen molar-refractivity contribution in [2.75, 3.05) is 7.11 Å². The van der Waals surface area contributed by atoms with Crippen LogP contribution in [0, 0.1) is 5.92 Å². The number of hydrogen-bond acceptors (Lipinski definition) is 6. The molecule has 7 nitrogen and oxygen atoms in total. The topological polar surface area (TPSA) is 90.1 Å². The zero-order chi connectivity index (χ0) is 14.8. The summed E-state index contributed by atoms with van der Waals surface area (Å²) in [5, 5.41) is 21.5. The molecule has 1 heterocycles. The van der Waals surface area contributed by atoms with Crippen LogP contribution in [0.2, 0.25) is 0 Å². The lowest BCUT2D eigenvalue weighted by molar-refractivity contribution is -0.154. The molecule has 0 amide bonds. The lowest BCUT2D eigenvalue weighted by atomic mass is 9.84. The molecule has 0 aliphatic carbocycles. The fraction of sp³-hybridized carbons (Fsp3) is 0.385. The number of rotatable bonds is 4. The van der Waals surface area contributed by atoms with E-state index in [9.17, 15) is 9.90 Å².